The molecule has 0 bridgehead atoms. The molecule has 0 aliphatic carbocycles. The first-order valence-electron chi connectivity index (χ1n) is 16.1. The minimum absolute atomic E-state index is 0.230. The summed E-state index contributed by atoms with van der Waals surface area (Å²) in [5.41, 5.74) is 11.9. The van der Waals surface area contributed by atoms with E-state index in [1.54, 1.807) is 0 Å². The number of hydrogen-bond donors (Lipinski definition) is 0. The van der Waals surface area contributed by atoms with Gasteiger partial charge in [0.2, 0.25) is 6.71 Å². The molecule has 2 aliphatic heterocycles. The van der Waals surface area contributed by atoms with Gasteiger partial charge in [0, 0.05) is 19.6 Å². The van der Waals surface area contributed by atoms with Crippen LogP contribution in [0.1, 0.15) is 0 Å². The van der Waals surface area contributed by atoms with Crippen LogP contribution in [0, 0.1) is 0 Å². The molecule has 3 heteroatoms. The Labute approximate surface area is 283 Å². The predicted molar refractivity (Wildman–Crippen MR) is 204 cm³/mol. The monoisotopic (exact) mass is 630 g/mol. The van der Waals surface area contributed by atoms with Crippen LogP contribution in [0.25, 0.3) is 54.9 Å². The van der Waals surface area contributed by atoms with Gasteiger partial charge in [0.15, 0.2) is 0 Å². The van der Waals surface area contributed by atoms with Crippen LogP contribution >= 0.6 is 23.5 Å². The molecule has 2 aliphatic rings. The number of hydrogen-bond acceptors (Lipinski definition) is 2. The Kier molecular flexibility index (Phi) is 6.25. The lowest BCUT2D eigenvalue weighted by Gasteiger charge is -2.33. The average molecular weight is 631 g/mol. The van der Waals surface area contributed by atoms with Gasteiger partial charge in [0.05, 0.1) is 0 Å². The van der Waals surface area contributed by atoms with E-state index in [0.29, 0.717) is 0 Å². The van der Waals surface area contributed by atoms with Crippen molar-refractivity contribution in [3.8, 4) is 33.4 Å². The minimum Gasteiger partial charge on any atom is -0.0911 e. The Bertz CT molecular complexity index is 2460. The molecule has 0 saturated carbocycles. The molecular formula is C44H27BS2. The zero-order valence-electron chi connectivity index (χ0n) is 25.5. The number of benzene rings is 8. The third kappa shape index (κ3) is 4.20. The van der Waals surface area contributed by atoms with Gasteiger partial charge in [-0.15, -0.1) is 0 Å². The Morgan fingerprint density at radius 3 is 1.57 bits per heavy atom. The fourth-order valence-electron chi connectivity index (χ4n) is 7.84. The molecule has 47 heavy (non-hydrogen) atoms. The molecule has 0 spiro atoms. The van der Waals surface area contributed by atoms with E-state index in [1.807, 2.05) is 23.5 Å². The zero-order valence-corrected chi connectivity index (χ0v) is 27.1. The Hall–Kier alpha value is -4.96. The molecule has 0 nitrogen and oxygen atoms in total. The lowest BCUT2D eigenvalue weighted by Crippen LogP contribution is -2.58. The van der Waals surface area contributed by atoms with Crippen molar-refractivity contribution in [1.29, 1.82) is 0 Å². The van der Waals surface area contributed by atoms with E-state index in [-0.39, 0.29) is 6.71 Å². The zero-order chi connectivity index (χ0) is 30.9. The molecule has 2 heterocycles. The molecule has 218 valence electrons. The van der Waals surface area contributed by atoms with E-state index in [2.05, 4.69) is 164 Å². The summed E-state index contributed by atoms with van der Waals surface area (Å²) in [7, 11) is 0. The first-order chi connectivity index (χ1) is 23.3. The van der Waals surface area contributed by atoms with Crippen LogP contribution < -0.4 is 16.4 Å². The van der Waals surface area contributed by atoms with Crippen LogP contribution in [0.3, 0.4) is 0 Å². The van der Waals surface area contributed by atoms with Gasteiger partial charge in [-0.05, 0) is 84.7 Å². The molecule has 0 aromatic heterocycles. The fraction of sp³-hybridized carbons (Fsp3) is 0. The molecule has 8 aromatic carbocycles. The summed E-state index contributed by atoms with van der Waals surface area (Å²) in [5.74, 6) is 0. The van der Waals surface area contributed by atoms with E-state index < -0.39 is 0 Å². The van der Waals surface area contributed by atoms with Crippen LogP contribution in [0.4, 0.5) is 0 Å². The van der Waals surface area contributed by atoms with Gasteiger partial charge >= 0.3 is 0 Å². The van der Waals surface area contributed by atoms with Gasteiger partial charge in [-0.25, -0.2) is 0 Å². The third-order valence-electron chi connectivity index (χ3n) is 9.81. The maximum atomic E-state index is 2.49. The van der Waals surface area contributed by atoms with Gasteiger partial charge in [-0.1, -0.05) is 174 Å². The lowest BCUT2D eigenvalue weighted by atomic mass is 9.36. The van der Waals surface area contributed by atoms with Crippen LogP contribution in [-0.2, 0) is 0 Å². The van der Waals surface area contributed by atoms with Gasteiger partial charge in [-0.2, -0.15) is 0 Å². The van der Waals surface area contributed by atoms with E-state index >= 15 is 0 Å². The fourth-order valence-corrected chi connectivity index (χ4v) is 10.2. The van der Waals surface area contributed by atoms with Gasteiger partial charge in [0.25, 0.3) is 0 Å². The second-order valence-electron chi connectivity index (χ2n) is 12.3. The second kappa shape index (κ2) is 10.8. The van der Waals surface area contributed by atoms with Crippen molar-refractivity contribution in [3.63, 3.8) is 0 Å². The molecule has 10 rings (SSSR count). The highest BCUT2D eigenvalue weighted by molar-refractivity contribution is 8.01. The van der Waals surface area contributed by atoms with Gasteiger partial charge in [0.1, 0.15) is 0 Å². The minimum atomic E-state index is 0.230. The standard InChI is InChI=1S/C44H27BS2/c1-2-13-28(14-3-1)42-32-17-6-8-19-34(32)43(35-20-9-7-18-33(35)42)31-16-5-4-15-30(31)29-25-26-39-37(27-29)45-36-21-10-11-22-38(36)46-40-23-12-24-41(47-39)44(40)45/h1-27H. The summed E-state index contributed by atoms with van der Waals surface area (Å²) in [4.78, 5) is 5.48. The van der Waals surface area contributed by atoms with Crippen molar-refractivity contribution in [3.05, 3.63) is 164 Å². The third-order valence-corrected chi connectivity index (χ3v) is 12.1. The van der Waals surface area contributed by atoms with E-state index in [1.165, 1.54) is 90.9 Å². The van der Waals surface area contributed by atoms with Crippen molar-refractivity contribution >= 4 is 68.2 Å². The molecule has 0 saturated heterocycles. The maximum Gasteiger partial charge on any atom is 0.247 e. The molecular weight excluding hydrogens is 603 g/mol. The van der Waals surface area contributed by atoms with Crippen molar-refractivity contribution in [1.82, 2.24) is 0 Å². The van der Waals surface area contributed by atoms with Crippen molar-refractivity contribution < 1.29 is 0 Å². The molecule has 0 unspecified atom stereocenters. The highest BCUT2D eigenvalue weighted by Gasteiger charge is 2.38. The SMILES string of the molecule is c1ccc(-c2c3ccccc3c(-c3ccccc3-c3ccc4c(c3)B3c5ccccc5Sc5cccc(c53)S4)c3ccccc23)cc1. The van der Waals surface area contributed by atoms with Gasteiger partial charge < -0.3 is 0 Å². The molecule has 0 fully saturated rings. The largest absolute Gasteiger partial charge is 0.247 e. The quantitative estimate of drug-likeness (QED) is 0.141. The highest BCUT2D eigenvalue weighted by Crippen LogP contribution is 2.46. The highest BCUT2D eigenvalue weighted by atomic mass is 32.2. The second-order valence-corrected chi connectivity index (χ2v) is 14.5. The van der Waals surface area contributed by atoms with Crippen molar-refractivity contribution in [2.75, 3.05) is 0 Å². The Morgan fingerprint density at radius 2 is 0.872 bits per heavy atom. The molecule has 0 radical (unpaired) electrons. The maximum absolute atomic E-state index is 2.49. The Balaban J connectivity index is 1.22. The lowest BCUT2D eigenvalue weighted by molar-refractivity contribution is 1.33. The predicted octanol–water partition coefficient (Wildman–Crippen LogP) is 10.4. The Morgan fingerprint density at radius 1 is 0.340 bits per heavy atom. The molecule has 0 amide bonds. The van der Waals surface area contributed by atoms with E-state index in [9.17, 15) is 0 Å². The van der Waals surface area contributed by atoms with Gasteiger partial charge in [-0.3, -0.25) is 0 Å². The van der Waals surface area contributed by atoms with E-state index in [0.717, 1.165) is 0 Å². The van der Waals surface area contributed by atoms with Crippen LogP contribution in [-0.4, -0.2) is 6.71 Å². The number of fused-ring (bicyclic) bond motifs is 6. The normalized spacial score (nSPS) is 12.9. The summed E-state index contributed by atoms with van der Waals surface area (Å²) >= 11 is 3.83. The van der Waals surface area contributed by atoms with Crippen LogP contribution in [0.5, 0.6) is 0 Å². The van der Waals surface area contributed by atoms with Crippen LogP contribution in [0.2, 0.25) is 0 Å². The van der Waals surface area contributed by atoms with Crippen LogP contribution in [0.15, 0.2) is 183 Å². The van der Waals surface area contributed by atoms with E-state index in [4.69, 9.17) is 0 Å². The number of rotatable bonds is 3. The summed E-state index contributed by atoms with van der Waals surface area (Å²) in [6.45, 7) is 0.230. The summed E-state index contributed by atoms with van der Waals surface area (Å²) in [6, 6.07) is 60.7. The average Bonchev–Trinajstić information content (AvgIpc) is 3.14. The first kappa shape index (κ1) is 27.2. The molecule has 8 aromatic rings. The van der Waals surface area contributed by atoms with Crippen molar-refractivity contribution in [2.45, 2.75) is 19.6 Å². The smallest absolute Gasteiger partial charge is 0.0911 e. The van der Waals surface area contributed by atoms with Crippen molar-refractivity contribution in [2.24, 2.45) is 0 Å². The summed E-state index contributed by atoms with van der Waals surface area (Å²) < 4.78 is 0. The summed E-state index contributed by atoms with van der Waals surface area (Å²) in [6.07, 6.45) is 0. The molecule has 0 N–H and O–H groups in total. The summed E-state index contributed by atoms with van der Waals surface area (Å²) in [5, 5.41) is 5.12. The first-order valence-corrected chi connectivity index (χ1v) is 17.8. The topological polar surface area (TPSA) is 0 Å². The molecule has 0 atom stereocenters.